The van der Waals surface area contributed by atoms with Gasteiger partial charge in [0.15, 0.2) is 28.8 Å². The average molecular weight is 334 g/mol. The average Bonchev–Trinajstić information content (AvgIpc) is 3.15. The third-order valence-electron chi connectivity index (χ3n) is 3.00. The van der Waals surface area contributed by atoms with Crippen LogP contribution in [0.1, 0.15) is 21.9 Å². The number of carbonyl (C=O) groups is 1. The zero-order chi connectivity index (χ0) is 17.1. The highest BCUT2D eigenvalue weighted by molar-refractivity contribution is 6.02. The summed E-state index contributed by atoms with van der Waals surface area (Å²) in [7, 11) is 0. The summed E-state index contributed by atoms with van der Waals surface area (Å²) in [6, 6.07) is 5.95. The number of aromatic nitrogens is 3. The fourth-order valence-electron chi connectivity index (χ4n) is 1.89. The number of nitrogens with one attached hydrogen (secondary N) is 2. The van der Waals surface area contributed by atoms with Crippen LogP contribution in [0.25, 0.3) is 0 Å². The molecule has 3 aromatic rings. The van der Waals surface area contributed by atoms with Crippen molar-refractivity contribution in [1.29, 1.82) is 0 Å². The van der Waals surface area contributed by atoms with Crippen LogP contribution < -0.4 is 10.1 Å². The molecule has 0 fully saturated rings. The maximum Gasteiger partial charge on any atom is 0.279 e. The van der Waals surface area contributed by atoms with E-state index in [0.29, 0.717) is 11.9 Å². The van der Waals surface area contributed by atoms with Crippen molar-refractivity contribution in [2.24, 2.45) is 0 Å². The lowest BCUT2D eigenvalue weighted by Crippen LogP contribution is -2.12. The maximum absolute atomic E-state index is 13.4. The topological polar surface area (TPSA) is 93.0 Å². The van der Waals surface area contributed by atoms with Gasteiger partial charge in [-0.15, -0.1) is 0 Å². The van der Waals surface area contributed by atoms with Crippen molar-refractivity contribution in [2.45, 2.75) is 13.5 Å². The number of amides is 1. The molecule has 2 heterocycles. The Morgan fingerprint density at radius 3 is 2.88 bits per heavy atom. The van der Waals surface area contributed by atoms with E-state index in [0.717, 1.165) is 17.8 Å². The van der Waals surface area contributed by atoms with Crippen LogP contribution in [0.2, 0.25) is 0 Å². The Balaban J connectivity index is 1.61. The molecule has 0 spiro atoms. The molecule has 0 unspecified atom stereocenters. The first-order chi connectivity index (χ1) is 11.5. The molecule has 1 aromatic carbocycles. The van der Waals surface area contributed by atoms with Crippen LogP contribution in [0.4, 0.5) is 14.6 Å². The number of aromatic amines is 1. The summed E-state index contributed by atoms with van der Waals surface area (Å²) in [4.78, 5) is 12.0. The Morgan fingerprint density at radius 2 is 2.17 bits per heavy atom. The lowest BCUT2D eigenvalue weighted by atomic mass is 10.3. The Kier molecular flexibility index (Phi) is 4.23. The number of carbonyl (C=O) groups excluding carboxylic acids is 1. The smallest absolute Gasteiger partial charge is 0.279 e. The first-order valence-electron chi connectivity index (χ1n) is 6.88. The van der Waals surface area contributed by atoms with Gasteiger partial charge in [-0.2, -0.15) is 5.10 Å². The summed E-state index contributed by atoms with van der Waals surface area (Å²) in [5, 5.41) is 12.7. The number of benzene rings is 1. The summed E-state index contributed by atoms with van der Waals surface area (Å²) >= 11 is 0. The zero-order valence-electron chi connectivity index (χ0n) is 12.5. The normalized spacial score (nSPS) is 10.6. The lowest BCUT2D eigenvalue weighted by Gasteiger charge is -2.04. The summed E-state index contributed by atoms with van der Waals surface area (Å²) in [5.74, 6) is -1.61. The first kappa shape index (κ1) is 15.7. The first-order valence-corrected chi connectivity index (χ1v) is 6.88. The van der Waals surface area contributed by atoms with Crippen LogP contribution in [0.5, 0.6) is 5.75 Å². The van der Waals surface area contributed by atoms with E-state index < -0.39 is 17.5 Å². The van der Waals surface area contributed by atoms with E-state index in [1.807, 2.05) is 0 Å². The van der Waals surface area contributed by atoms with Crippen molar-refractivity contribution in [3.05, 3.63) is 59.1 Å². The predicted molar refractivity (Wildman–Crippen MR) is 78.5 cm³/mol. The minimum absolute atomic E-state index is 0.0221. The summed E-state index contributed by atoms with van der Waals surface area (Å²) in [6.45, 7) is 1.63. The minimum Gasteiger partial charge on any atom is -0.482 e. The van der Waals surface area contributed by atoms with Gasteiger partial charge in [0.25, 0.3) is 5.91 Å². The third kappa shape index (κ3) is 3.57. The number of ether oxygens (including phenoxy) is 1. The SMILES string of the molecule is Cc1cc(NC(=O)c2cc(COc3ccc(F)cc3F)on2)n[nH]1. The largest absolute Gasteiger partial charge is 0.482 e. The molecule has 7 nitrogen and oxygen atoms in total. The van der Waals surface area contributed by atoms with Gasteiger partial charge in [-0.05, 0) is 19.1 Å². The fraction of sp³-hybridized carbons (Fsp3) is 0.133. The molecule has 24 heavy (non-hydrogen) atoms. The molecule has 0 atom stereocenters. The summed E-state index contributed by atoms with van der Waals surface area (Å²) in [6.07, 6.45) is 0. The van der Waals surface area contributed by atoms with Crippen molar-refractivity contribution in [2.75, 3.05) is 5.32 Å². The molecule has 9 heteroatoms. The van der Waals surface area contributed by atoms with Gasteiger partial charge < -0.3 is 14.6 Å². The van der Waals surface area contributed by atoms with E-state index in [1.165, 1.54) is 6.07 Å². The Labute approximate surface area is 134 Å². The second-order valence-electron chi connectivity index (χ2n) is 4.93. The van der Waals surface area contributed by atoms with Gasteiger partial charge in [0.1, 0.15) is 12.4 Å². The van der Waals surface area contributed by atoms with E-state index in [4.69, 9.17) is 9.26 Å². The van der Waals surface area contributed by atoms with Crippen molar-refractivity contribution in [3.8, 4) is 5.75 Å². The van der Waals surface area contributed by atoms with Gasteiger partial charge in [0.2, 0.25) is 0 Å². The molecule has 0 aliphatic carbocycles. The number of hydrogen-bond donors (Lipinski definition) is 2. The molecular weight excluding hydrogens is 322 g/mol. The van der Waals surface area contributed by atoms with E-state index in [1.54, 1.807) is 13.0 Å². The minimum atomic E-state index is -0.832. The highest BCUT2D eigenvalue weighted by atomic mass is 19.1. The van der Waals surface area contributed by atoms with Crippen LogP contribution in [0.15, 0.2) is 34.9 Å². The van der Waals surface area contributed by atoms with Crippen molar-refractivity contribution < 1.29 is 22.8 Å². The van der Waals surface area contributed by atoms with Gasteiger partial charge in [0.05, 0.1) is 0 Å². The van der Waals surface area contributed by atoms with E-state index in [9.17, 15) is 13.6 Å². The number of rotatable bonds is 5. The lowest BCUT2D eigenvalue weighted by molar-refractivity contribution is 0.101. The predicted octanol–water partition coefficient (Wildman–Crippen LogP) is 2.82. The molecule has 1 amide bonds. The molecule has 0 aliphatic rings. The maximum atomic E-state index is 13.4. The third-order valence-corrected chi connectivity index (χ3v) is 3.00. The second kappa shape index (κ2) is 6.49. The van der Waals surface area contributed by atoms with Gasteiger partial charge in [0, 0.05) is 23.9 Å². The monoisotopic (exact) mass is 334 g/mol. The Morgan fingerprint density at radius 1 is 1.33 bits per heavy atom. The van der Waals surface area contributed by atoms with Gasteiger partial charge in [-0.1, -0.05) is 5.16 Å². The summed E-state index contributed by atoms with van der Waals surface area (Å²) in [5.41, 5.74) is 0.815. The standard InChI is InChI=1S/C15H12F2N4O3/c1-8-4-14(20-19-8)18-15(22)12-6-10(24-21-12)7-23-13-3-2-9(16)5-11(13)17/h2-6H,7H2,1H3,(H2,18,19,20,22). The van der Waals surface area contributed by atoms with Gasteiger partial charge in [-0.25, -0.2) is 8.78 Å². The number of aryl methyl sites for hydroxylation is 1. The van der Waals surface area contributed by atoms with Crippen LogP contribution >= 0.6 is 0 Å². The van der Waals surface area contributed by atoms with Crippen LogP contribution in [-0.2, 0) is 6.61 Å². The van der Waals surface area contributed by atoms with Crippen LogP contribution in [-0.4, -0.2) is 21.3 Å². The van der Waals surface area contributed by atoms with Gasteiger partial charge >= 0.3 is 0 Å². The Hall–Kier alpha value is -3.23. The molecule has 2 N–H and O–H groups in total. The molecule has 124 valence electrons. The number of hydrogen-bond acceptors (Lipinski definition) is 5. The highest BCUT2D eigenvalue weighted by Crippen LogP contribution is 2.19. The molecular formula is C15H12F2N4O3. The zero-order valence-corrected chi connectivity index (χ0v) is 12.5. The molecule has 3 rings (SSSR count). The van der Waals surface area contributed by atoms with Crippen molar-refractivity contribution in [3.63, 3.8) is 0 Å². The number of H-pyrrole nitrogens is 1. The van der Waals surface area contributed by atoms with Crippen LogP contribution in [0.3, 0.4) is 0 Å². The number of halogens is 2. The molecule has 2 aromatic heterocycles. The molecule has 0 aliphatic heterocycles. The van der Waals surface area contributed by atoms with Crippen molar-refractivity contribution in [1.82, 2.24) is 15.4 Å². The molecule has 0 saturated carbocycles. The summed E-state index contributed by atoms with van der Waals surface area (Å²) < 4.78 is 36.4. The quantitative estimate of drug-likeness (QED) is 0.748. The van der Waals surface area contributed by atoms with Crippen LogP contribution in [0, 0.1) is 18.6 Å². The molecule has 0 bridgehead atoms. The van der Waals surface area contributed by atoms with E-state index in [-0.39, 0.29) is 23.8 Å². The molecule has 0 radical (unpaired) electrons. The van der Waals surface area contributed by atoms with Crippen molar-refractivity contribution >= 4 is 11.7 Å². The highest BCUT2D eigenvalue weighted by Gasteiger charge is 2.15. The number of anilines is 1. The van der Waals surface area contributed by atoms with E-state index in [2.05, 4.69) is 20.7 Å². The number of nitrogens with zero attached hydrogens (tertiary/aromatic N) is 2. The molecule has 0 saturated heterocycles. The second-order valence-corrected chi connectivity index (χ2v) is 4.93. The Bertz CT molecular complexity index is 875. The van der Waals surface area contributed by atoms with Gasteiger partial charge in [-0.3, -0.25) is 9.89 Å². The fourth-order valence-corrected chi connectivity index (χ4v) is 1.89. The van der Waals surface area contributed by atoms with E-state index >= 15 is 0 Å².